The van der Waals surface area contributed by atoms with E-state index in [4.69, 9.17) is 4.52 Å². The maximum absolute atomic E-state index is 4.93. The molecule has 0 bridgehead atoms. The molecule has 2 unspecified atom stereocenters. The molecule has 1 aromatic rings. The second-order valence-electron chi connectivity index (χ2n) is 4.86. The van der Waals surface area contributed by atoms with Gasteiger partial charge in [0.25, 0.3) is 0 Å². The molecule has 0 saturated carbocycles. The van der Waals surface area contributed by atoms with Crippen molar-refractivity contribution >= 4 is 0 Å². The van der Waals surface area contributed by atoms with Gasteiger partial charge in [-0.2, -0.15) is 4.98 Å². The quantitative estimate of drug-likeness (QED) is 0.775. The van der Waals surface area contributed by atoms with Gasteiger partial charge in [0, 0.05) is 32.0 Å². The lowest BCUT2D eigenvalue weighted by Gasteiger charge is -2.17. The summed E-state index contributed by atoms with van der Waals surface area (Å²) in [6, 6.07) is 1.24. The Morgan fingerprint density at radius 2 is 2.47 bits per heavy atom. The van der Waals surface area contributed by atoms with Crippen LogP contribution in [-0.4, -0.2) is 35.3 Å². The van der Waals surface area contributed by atoms with Crippen LogP contribution >= 0.6 is 0 Å². The second-order valence-corrected chi connectivity index (χ2v) is 4.86. The fraction of sp³-hybridized carbons (Fsp3) is 0.833. The topological polar surface area (TPSA) is 63.0 Å². The third-order valence-corrected chi connectivity index (χ3v) is 3.21. The highest BCUT2D eigenvalue weighted by atomic mass is 16.5. The Morgan fingerprint density at radius 3 is 3.12 bits per heavy atom. The van der Waals surface area contributed by atoms with Crippen molar-refractivity contribution in [3.05, 3.63) is 11.7 Å². The summed E-state index contributed by atoms with van der Waals surface area (Å²) in [4.78, 5) is 4.18. The predicted molar refractivity (Wildman–Crippen MR) is 65.8 cm³/mol. The van der Waals surface area contributed by atoms with E-state index in [9.17, 15) is 0 Å². The monoisotopic (exact) mass is 238 g/mol. The van der Waals surface area contributed by atoms with E-state index in [0.717, 1.165) is 18.8 Å². The first-order valence-electron chi connectivity index (χ1n) is 6.50. The molecule has 1 aromatic heterocycles. The molecule has 0 spiro atoms. The molecule has 1 fully saturated rings. The number of rotatable bonds is 6. The summed E-state index contributed by atoms with van der Waals surface area (Å²) in [7, 11) is 0. The van der Waals surface area contributed by atoms with E-state index >= 15 is 0 Å². The number of aryl methyl sites for hydroxylation is 1. The Labute approximate surface area is 102 Å². The van der Waals surface area contributed by atoms with Gasteiger partial charge in [-0.05, 0) is 32.7 Å². The third-order valence-electron chi connectivity index (χ3n) is 3.21. The van der Waals surface area contributed by atoms with Gasteiger partial charge in [0.1, 0.15) is 0 Å². The van der Waals surface area contributed by atoms with Crippen LogP contribution in [0.3, 0.4) is 0 Å². The van der Waals surface area contributed by atoms with Gasteiger partial charge in [-0.15, -0.1) is 0 Å². The minimum Gasteiger partial charge on any atom is -0.340 e. The highest BCUT2D eigenvalue weighted by Crippen LogP contribution is 2.10. The highest BCUT2D eigenvalue weighted by Gasteiger charge is 2.16. The van der Waals surface area contributed by atoms with Crippen molar-refractivity contribution in [3.63, 3.8) is 0 Å². The fourth-order valence-electron chi connectivity index (χ4n) is 2.34. The Morgan fingerprint density at radius 1 is 1.59 bits per heavy atom. The number of hydrogen-bond donors (Lipinski definition) is 2. The van der Waals surface area contributed by atoms with Crippen molar-refractivity contribution in [2.45, 2.75) is 51.6 Å². The van der Waals surface area contributed by atoms with E-state index in [1.54, 1.807) is 0 Å². The molecule has 1 saturated heterocycles. The molecule has 2 heterocycles. The zero-order valence-electron chi connectivity index (χ0n) is 10.7. The zero-order valence-corrected chi connectivity index (χ0v) is 10.7. The maximum Gasteiger partial charge on any atom is 0.223 e. The average Bonchev–Trinajstić information content (AvgIpc) is 2.90. The van der Waals surface area contributed by atoms with E-state index in [0.29, 0.717) is 18.0 Å². The van der Waals surface area contributed by atoms with Crippen molar-refractivity contribution in [1.82, 2.24) is 20.8 Å². The largest absolute Gasteiger partial charge is 0.340 e. The Kier molecular flexibility index (Phi) is 4.50. The summed E-state index contributed by atoms with van der Waals surface area (Å²) in [5.41, 5.74) is 0. The molecule has 2 N–H and O–H groups in total. The molecular formula is C12H22N4O. The molecule has 2 atom stereocenters. The van der Waals surface area contributed by atoms with Crippen LogP contribution in [0.1, 0.15) is 37.9 Å². The third kappa shape index (κ3) is 4.09. The molecule has 0 aromatic carbocycles. The zero-order chi connectivity index (χ0) is 12.1. The van der Waals surface area contributed by atoms with Crippen LogP contribution in [0.2, 0.25) is 0 Å². The average molecular weight is 238 g/mol. The molecule has 1 aliphatic rings. The van der Waals surface area contributed by atoms with Crippen LogP contribution in [0.25, 0.3) is 0 Å². The standard InChI is InChI=1S/C12H22N4O/c1-9(8-11-4-3-6-14-11)13-7-5-12-15-10(2)17-16-12/h9,11,13-14H,3-8H2,1-2H3. The van der Waals surface area contributed by atoms with Crippen molar-refractivity contribution in [3.8, 4) is 0 Å². The van der Waals surface area contributed by atoms with Crippen molar-refractivity contribution in [2.24, 2.45) is 0 Å². The molecule has 17 heavy (non-hydrogen) atoms. The number of aromatic nitrogens is 2. The highest BCUT2D eigenvalue weighted by molar-refractivity contribution is 4.85. The van der Waals surface area contributed by atoms with Crippen LogP contribution in [-0.2, 0) is 6.42 Å². The Hall–Kier alpha value is -0.940. The first-order valence-corrected chi connectivity index (χ1v) is 6.50. The number of nitrogens with zero attached hydrogens (tertiary/aromatic N) is 2. The molecule has 0 aliphatic carbocycles. The van der Waals surface area contributed by atoms with Crippen LogP contribution in [0.5, 0.6) is 0 Å². The lowest BCUT2D eigenvalue weighted by atomic mass is 10.1. The van der Waals surface area contributed by atoms with E-state index in [1.165, 1.54) is 25.8 Å². The summed E-state index contributed by atoms with van der Waals surface area (Å²) in [6.07, 6.45) is 4.67. The summed E-state index contributed by atoms with van der Waals surface area (Å²) >= 11 is 0. The van der Waals surface area contributed by atoms with Gasteiger partial charge in [0.05, 0.1) is 0 Å². The van der Waals surface area contributed by atoms with Crippen LogP contribution in [0.4, 0.5) is 0 Å². The fourth-order valence-corrected chi connectivity index (χ4v) is 2.34. The van der Waals surface area contributed by atoms with E-state index in [-0.39, 0.29) is 0 Å². The lowest BCUT2D eigenvalue weighted by molar-refractivity contribution is 0.385. The maximum atomic E-state index is 4.93. The van der Waals surface area contributed by atoms with E-state index < -0.39 is 0 Å². The molecule has 0 amide bonds. The number of hydrogen-bond acceptors (Lipinski definition) is 5. The van der Waals surface area contributed by atoms with Gasteiger partial charge < -0.3 is 15.2 Å². The van der Waals surface area contributed by atoms with Crippen LogP contribution in [0, 0.1) is 6.92 Å². The first kappa shape index (κ1) is 12.5. The van der Waals surface area contributed by atoms with E-state index in [1.807, 2.05) is 6.92 Å². The smallest absolute Gasteiger partial charge is 0.223 e. The summed E-state index contributed by atoms with van der Waals surface area (Å²) in [5.74, 6) is 1.43. The minimum atomic E-state index is 0.540. The minimum absolute atomic E-state index is 0.540. The molecule has 0 radical (unpaired) electrons. The molecule has 1 aliphatic heterocycles. The molecule has 5 nitrogen and oxygen atoms in total. The normalized spacial score (nSPS) is 21.9. The second kappa shape index (κ2) is 6.12. The van der Waals surface area contributed by atoms with Crippen molar-refractivity contribution in [1.29, 1.82) is 0 Å². The molecule has 2 rings (SSSR count). The van der Waals surface area contributed by atoms with Gasteiger partial charge >= 0.3 is 0 Å². The molecular weight excluding hydrogens is 216 g/mol. The van der Waals surface area contributed by atoms with Crippen LogP contribution in [0.15, 0.2) is 4.52 Å². The first-order chi connectivity index (χ1) is 8.24. The summed E-state index contributed by atoms with van der Waals surface area (Å²) < 4.78 is 4.93. The van der Waals surface area contributed by atoms with Gasteiger partial charge in [0.15, 0.2) is 5.82 Å². The SMILES string of the molecule is Cc1nc(CCNC(C)CC2CCCN2)no1. The van der Waals surface area contributed by atoms with Crippen molar-refractivity contribution in [2.75, 3.05) is 13.1 Å². The summed E-state index contributed by atoms with van der Waals surface area (Å²) in [5, 5.41) is 10.9. The molecule has 5 heteroatoms. The Balaban J connectivity index is 1.60. The van der Waals surface area contributed by atoms with Gasteiger partial charge in [0.2, 0.25) is 5.89 Å². The lowest BCUT2D eigenvalue weighted by Crippen LogP contribution is -2.34. The number of nitrogens with one attached hydrogen (secondary N) is 2. The van der Waals surface area contributed by atoms with Gasteiger partial charge in [-0.3, -0.25) is 0 Å². The molecule has 96 valence electrons. The van der Waals surface area contributed by atoms with E-state index in [2.05, 4.69) is 27.7 Å². The Bertz CT molecular complexity index is 333. The van der Waals surface area contributed by atoms with Gasteiger partial charge in [-0.1, -0.05) is 5.16 Å². The van der Waals surface area contributed by atoms with Crippen molar-refractivity contribution < 1.29 is 4.52 Å². The predicted octanol–water partition coefficient (Wildman–Crippen LogP) is 1.04. The summed E-state index contributed by atoms with van der Waals surface area (Å²) in [6.45, 7) is 6.15. The van der Waals surface area contributed by atoms with Gasteiger partial charge in [-0.25, -0.2) is 0 Å². The van der Waals surface area contributed by atoms with Crippen LogP contribution < -0.4 is 10.6 Å².